The summed E-state index contributed by atoms with van der Waals surface area (Å²) in [6.45, 7) is 10.0. The van der Waals surface area contributed by atoms with Gasteiger partial charge in [0.15, 0.2) is 6.61 Å². The number of esters is 1. The third kappa shape index (κ3) is 3.94. The van der Waals surface area contributed by atoms with E-state index in [4.69, 9.17) is 4.74 Å². The fourth-order valence-electron chi connectivity index (χ4n) is 1.70. The van der Waals surface area contributed by atoms with Crippen LogP contribution in [0.3, 0.4) is 0 Å². The van der Waals surface area contributed by atoms with Crippen molar-refractivity contribution in [1.82, 2.24) is 14.7 Å². The Morgan fingerprint density at radius 1 is 1.50 bits per heavy atom. The van der Waals surface area contributed by atoms with Crippen LogP contribution in [0.2, 0.25) is 0 Å². The highest BCUT2D eigenvalue weighted by molar-refractivity contribution is 5.92. The van der Waals surface area contributed by atoms with Gasteiger partial charge < -0.3 is 9.64 Å². The second-order valence-corrected chi connectivity index (χ2v) is 4.71. The largest absolute Gasteiger partial charge is 0.452 e. The van der Waals surface area contributed by atoms with Crippen molar-refractivity contribution in [2.24, 2.45) is 7.05 Å². The molecule has 0 aromatic carbocycles. The van der Waals surface area contributed by atoms with Crippen LogP contribution in [-0.2, 0) is 16.6 Å². The zero-order chi connectivity index (χ0) is 15.3. The number of aromatic nitrogens is 2. The lowest BCUT2D eigenvalue weighted by Gasteiger charge is -2.20. The van der Waals surface area contributed by atoms with E-state index in [9.17, 15) is 9.59 Å². The van der Waals surface area contributed by atoms with E-state index in [2.05, 4.69) is 11.7 Å². The molecule has 0 spiro atoms. The first kappa shape index (κ1) is 15.9. The number of likely N-dealkylation sites (N-methyl/N-ethyl adjacent to an activating group) is 1. The van der Waals surface area contributed by atoms with E-state index in [1.165, 1.54) is 6.20 Å². The predicted molar refractivity (Wildman–Crippen MR) is 75.3 cm³/mol. The maximum absolute atomic E-state index is 11.9. The number of amides is 1. The van der Waals surface area contributed by atoms with Gasteiger partial charge in [-0.2, -0.15) is 5.10 Å². The van der Waals surface area contributed by atoms with Crippen LogP contribution in [0, 0.1) is 6.92 Å². The number of rotatable bonds is 6. The third-order valence-corrected chi connectivity index (χ3v) is 2.98. The highest BCUT2D eigenvalue weighted by atomic mass is 16.5. The molecule has 0 N–H and O–H groups in total. The second kappa shape index (κ2) is 6.88. The van der Waals surface area contributed by atoms with E-state index in [1.807, 2.05) is 13.8 Å². The maximum atomic E-state index is 11.9. The summed E-state index contributed by atoms with van der Waals surface area (Å²) in [4.78, 5) is 25.4. The van der Waals surface area contributed by atoms with Gasteiger partial charge in [0.2, 0.25) is 0 Å². The van der Waals surface area contributed by atoms with E-state index >= 15 is 0 Å². The van der Waals surface area contributed by atoms with Gasteiger partial charge >= 0.3 is 5.97 Å². The quantitative estimate of drug-likeness (QED) is 0.582. The van der Waals surface area contributed by atoms with Crippen LogP contribution in [-0.4, -0.2) is 46.3 Å². The van der Waals surface area contributed by atoms with Crippen molar-refractivity contribution in [3.8, 4) is 0 Å². The SMILES string of the molecule is C=C(C)CN(CC)C(=O)COC(=O)c1cnn(C)c1C. The van der Waals surface area contributed by atoms with E-state index in [1.54, 1.807) is 23.6 Å². The van der Waals surface area contributed by atoms with Crippen molar-refractivity contribution in [2.75, 3.05) is 19.7 Å². The van der Waals surface area contributed by atoms with Gasteiger partial charge in [-0.1, -0.05) is 12.2 Å². The molecule has 0 unspecified atom stereocenters. The number of ether oxygens (including phenoxy) is 1. The molecular formula is C14H21N3O3. The van der Waals surface area contributed by atoms with E-state index in [0.717, 1.165) is 5.57 Å². The second-order valence-electron chi connectivity index (χ2n) is 4.71. The molecular weight excluding hydrogens is 258 g/mol. The molecule has 1 aromatic heterocycles. The highest BCUT2D eigenvalue weighted by Gasteiger charge is 2.18. The number of aryl methyl sites for hydroxylation is 1. The van der Waals surface area contributed by atoms with Gasteiger partial charge in [0.25, 0.3) is 5.91 Å². The molecule has 6 nitrogen and oxygen atoms in total. The first-order chi connectivity index (χ1) is 9.36. The summed E-state index contributed by atoms with van der Waals surface area (Å²) in [6.07, 6.45) is 1.44. The minimum absolute atomic E-state index is 0.231. The summed E-state index contributed by atoms with van der Waals surface area (Å²) in [7, 11) is 1.74. The van der Waals surface area contributed by atoms with E-state index in [0.29, 0.717) is 24.3 Å². The van der Waals surface area contributed by atoms with Crippen molar-refractivity contribution >= 4 is 11.9 Å². The lowest BCUT2D eigenvalue weighted by molar-refractivity contribution is -0.133. The summed E-state index contributed by atoms with van der Waals surface area (Å²) in [5.74, 6) is -0.763. The Labute approximate surface area is 119 Å². The lowest BCUT2D eigenvalue weighted by atomic mass is 10.3. The molecule has 110 valence electrons. The van der Waals surface area contributed by atoms with Crippen LogP contribution in [0.25, 0.3) is 0 Å². The molecule has 6 heteroatoms. The van der Waals surface area contributed by atoms with Gasteiger partial charge in [0, 0.05) is 25.8 Å². The summed E-state index contributed by atoms with van der Waals surface area (Å²) >= 11 is 0. The standard InChI is InChI=1S/C14H21N3O3/c1-6-17(8-10(2)3)13(18)9-20-14(19)12-7-15-16(5)11(12)4/h7H,2,6,8-9H2,1,3-5H3. The van der Waals surface area contributed by atoms with Crippen molar-refractivity contribution in [1.29, 1.82) is 0 Å². The van der Waals surface area contributed by atoms with Gasteiger partial charge in [0.1, 0.15) is 5.56 Å². The number of carbonyl (C=O) groups is 2. The van der Waals surface area contributed by atoms with Gasteiger partial charge in [-0.15, -0.1) is 0 Å². The Kier molecular flexibility index (Phi) is 5.49. The van der Waals surface area contributed by atoms with Crippen LogP contribution in [0.1, 0.15) is 29.9 Å². The molecule has 0 aliphatic heterocycles. The van der Waals surface area contributed by atoms with Gasteiger partial charge in [-0.25, -0.2) is 4.79 Å². The molecule has 0 fully saturated rings. The molecule has 0 radical (unpaired) electrons. The Hall–Kier alpha value is -2.11. The molecule has 1 heterocycles. The molecule has 1 rings (SSSR count). The molecule has 0 aliphatic carbocycles. The topological polar surface area (TPSA) is 64.4 Å². The van der Waals surface area contributed by atoms with E-state index in [-0.39, 0.29) is 12.5 Å². The minimum Gasteiger partial charge on any atom is -0.452 e. The normalized spacial score (nSPS) is 10.2. The molecule has 0 bridgehead atoms. The Morgan fingerprint density at radius 2 is 2.15 bits per heavy atom. The van der Waals surface area contributed by atoms with Crippen molar-refractivity contribution in [2.45, 2.75) is 20.8 Å². The number of nitrogens with zero attached hydrogens (tertiary/aromatic N) is 3. The molecule has 0 aliphatic rings. The average molecular weight is 279 g/mol. The Bertz CT molecular complexity index is 520. The fourth-order valence-corrected chi connectivity index (χ4v) is 1.70. The van der Waals surface area contributed by atoms with Gasteiger partial charge in [-0.05, 0) is 20.8 Å². The van der Waals surface area contributed by atoms with Crippen LogP contribution < -0.4 is 0 Å². The zero-order valence-electron chi connectivity index (χ0n) is 12.5. The number of carbonyl (C=O) groups excluding carboxylic acids is 2. The molecule has 0 saturated carbocycles. The van der Waals surface area contributed by atoms with Crippen molar-refractivity contribution in [3.63, 3.8) is 0 Å². The third-order valence-electron chi connectivity index (χ3n) is 2.98. The summed E-state index contributed by atoms with van der Waals surface area (Å²) in [5, 5.41) is 3.96. The molecule has 20 heavy (non-hydrogen) atoms. The smallest absolute Gasteiger partial charge is 0.342 e. The lowest BCUT2D eigenvalue weighted by Crippen LogP contribution is -2.35. The van der Waals surface area contributed by atoms with Gasteiger partial charge in [0.05, 0.1) is 6.20 Å². The molecule has 1 amide bonds. The van der Waals surface area contributed by atoms with Crippen LogP contribution in [0.15, 0.2) is 18.3 Å². The van der Waals surface area contributed by atoms with Crippen molar-refractivity contribution < 1.29 is 14.3 Å². The number of hydrogen-bond donors (Lipinski definition) is 0. The summed E-state index contributed by atoms with van der Waals surface area (Å²) in [5.41, 5.74) is 1.97. The highest BCUT2D eigenvalue weighted by Crippen LogP contribution is 2.07. The first-order valence-corrected chi connectivity index (χ1v) is 6.44. The van der Waals surface area contributed by atoms with E-state index < -0.39 is 5.97 Å². The van der Waals surface area contributed by atoms with Crippen LogP contribution >= 0.6 is 0 Å². The Morgan fingerprint density at radius 3 is 2.60 bits per heavy atom. The molecule has 1 aromatic rings. The Balaban J connectivity index is 2.58. The first-order valence-electron chi connectivity index (χ1n) is 6.44. The average Bonchev–Trinajstić information content (AvgIpc) is 2.73. The number of hydrogen-bond acceptors (Lipinski definition) is 4. The van der Waals surface area contributed by atoms with Crippen LogP contribution in [0.5, 0.6) is 0 Å². The molecule has 0 atom stereocenters. The monoisotopic (exact) mass is 279 g/mol. The van der Waals surface area contributed by atoms with Crippen LogP contribution in [0.4, 0.5) is 0 Å². The fraction of sp³-hybridized carbons (Fsp3) is 0.500. The van der Waals surface area contributed by atoms with Gasteiger partial charge in [-0.3, -0.25) is 9.48 Å². The predicted octanol–water partition coefficient (Wildman–Crippen LogP) is 1.31. The minimum atomic E-state index is -0.532. The zero-order valence-corrected chi connectivity index (χ0v) is 12.5. The van der Waals surface area contributed by atoms with Crippen molar-refractivity contribution in [3.05, 3.63) is 29.6 Å². The maximum Gasteiger partial charge on any atom is 0.342 e. The molecule has 0 saturated heterocycles. The summed E-state index contributed by atoms with van der Waals surface area (Å²) in [6, 6.07) is 0. The summed E-state index contributed by atoms with van der Waals surface area (Å²) < 4.78 is 6.62.